The fraction of sp³-hybridized carbons (Fsp3) is 0.333. The van der Waals surface area contributed by atoms with Crippen LogP contribution in [0.4, 0.5) is 0 Å². The fourth-order valence-corrected chi connectivity index (χ4v) is 5.79. The highest BCUT2D eigenvalue weighted by Crippen LogP contribution is 2.34. The maximum atomic E-state index is 13.1. The van der Waals surface area contributed by atoms with Crippen LogP contribution in [0.15, 0.2) is 57.9 Å². The fourth-order valence-electron chi connectivity index (χ4n) is 3.97. The van der Waals surface area contributed by atoms with E-state index in [0.717, 1.165) is 27.2 Å². The van der Waals surface area contributed by atoms with Crippen molar-refractivity contribution in [1.82, 2.24) is 14.5 Å². The second-order valence-electron chi connectivity index (χ2n) is 7.42. The first-order valence-electron chi connectivity index (χ1n) is 9.79. The molecule has 2 aromatic carbocycles. The van der Waals surface area contributed by atoms with Crippen molar-refractivity contribution in [2.24, 2.45) is 0 Å². The molecule has 1 unspecified atom stereocenters. The standard InChI is InChI=1S/C21H22BrN3O4S/c22-17-4-1-3-16(13-17)19-5-2-11-25(19)21(27)15-6-8-18(9-7-15)30(28,29)24-12-10-23-20(26)14-24/h1,3-4,6-9,13,19H,2,5,10-12,14H2,(H,23,26). The summed E-state index contributed by atoms with van der Waals surface area (Å²) in [6.07, 6.45) is 1.82. The highest BCUT2D eigenvalue weighted by molar-refractivity contribution is 9.10. The van der Waals surface area contributed by atoms with Gasteiger partial charge in [-0.25, -0.2) is 8.42 Å². The number of halogens is 1. The van der Waals surface area contributed by atoms with Crippen molar-refractivity contribution in [3.8, 4) is 0 Å². The Morgan fingerprint density at radius 1 is 1.10 bits per heavy atom. The van der Waals surface area contributed by atoms with Gasteiger partial charge in [0.15, 0.2) is 0 Å². The number of nitrogens with one attached hydrogen (secondary N) is 1. The van der Waals surface area contributed by atoms with Crippen molar-refractivity contribution in [3.05, 3.63) is 64.1 Å². The van der Waals surface area contributed by atoms with E-state index in [2.05, 4.69) is 21.2 Å². The van der Waals surface area contributed by atoms with Crippen LogP contribution in [0.25, 0.3) is 0 Å². The number of amides is 2. The van der Waals surface area contributed by atoms with Gasteiger partial charge in [-0.1, -0.05) is 28.1 Å². The molecule has 2 saturated heterocycles. The second-order valence-corrected chi connectivity index (χ2v) is 10.3. The van der Waals surface area contributed by atoms with Crippen molar-refractivity contribution >= 4 is 37.8 Å². The number of hydrogen-bond donors (Lipinski definition) is 1. The van der Waals surface area contributed by atoms with Gasteiger partial charge in [0.2, 0.25) is 15.9 Å². The van der Waals surface area contributed by atoms with Crippen LogP contribution in [0.5, 0.6) is 0 Å². The average Bonchev–Trinajstić information content (AvgIpc) is 3.23. The molecule has 158 valence electrons. The quantitative estimate of drug-likeness (QED) is 0.711. The summed E-state index contributed by atoms with van der Waals surface area (Å²) in [7, 11) is -3.77. The smallest absolute Gasteiger partial charge is 0.254 e. The third kappa shape index (κ3) is 4.14. The number of hydrogen-bond acceptors (Lipinski definition) is 4. The molecule has 1 atom stereocenters. The molecule has 2 aliphatic rings. The van der Waals surface area contributed by atoms with Crippen LogP contribution in [0.2, 0.25) is 0 Å². The molecule has 0 saturated carbocycles. The number of piperazine rings is 1. The van der Waals surface area contributed by atoms with Crippen LogP contribution in [-0.4, -0.2) is 55.6 Å². The zero-order chi connectivity index (χ0) is 21.3. The molecule has 2 heterocycles. The van der Waals surface area contributed by atoms with Gasteiger partial charge in [-0.2, -0.15) is 4.31 Å². The van der Waals surface area contributed by atoms with E-state index in [-0.39, 0.29) is 35.8 Å². The summed E-state index contributed by atoms with van der Waals surface area (Å²) in [4.78, 5) is 26.6. The highest BCUT2D eigenvalue weighted by atomic mass is 79.9. The Morgan fingerprint density at radius 3 is 2.57 bits per heavy atom. The molecule has 4 rings (SSSR count). The van der Waals surface area contributed by atoms with Crippen molar-refractivity contribution < 1.29 is 18.0 Å². The number of carbonyl (C=O) groups is 2. The predicted octanol–water partition coefficient (Wildman–Crippen LogP) is 2.55. The van der Waals surface area contributed by atoms with Gasteiger partial charge in [-0.15, -0.1) is 0 Å². The predicted molar refractivity (Wildman–Crippen MR) is 115 cm³/mol. The Labute approximate surface area is 184 Å². The van der Waals surface area contributed by atoms with Gasteiger partial charge in [0.25, 0.3) is 5.91 Å². The van der Waals surface area contributed by atoms with Gasteiger partial charge in [-0.05, 0) is 54.8 Å². The Morgan fingerprint density at radius 2 is 1.87 bits per heavy atom. The van der Waals surface area contributed by atoms with E-state index in [9.17, 15) is 18.0 Å². The number of likely N-dealkylation sites (tertiary alicyclic amines) is 1. The van der Waals surface area contributed by atoms with E-state index >= 15 is 0 Å². The first kappa shape index (κ1) is 21.0. The van der Waals surface area contributed by atoms with Crippen LogP contribution in [0.1, 0.15) is 34.8 Å². The lowest BCUT2D eigenvalue weighted by molar-refractivity contribution is -0.122. The highest BCUT2D eigenvalue weighted by Gasteiger charge is 2.32. The summed E-state index contributed by atoms with van der Waals surface area (Å²) in [5.41, 5.74) is 1.53. The van der Waals surface area contributed by atoms with Crippen molar-refractivity contribution in [1.29, 1.82) is 0 Å². The molecule has 7 nitrogen and oxygen atoms in total. The molecule has 2 amide bonds. The maximum absolute atomic E-state index is 13.1. The van der Waals surface area contributed by atoms with E-state index in [1.807, 2.05) is 29.2 Å². The molecule has 2 aliphatic heterocycles. The van der Waals surface area contributed by atoms with Gasteiger partial charge in [0.1, 0.15) is 0 Å². The van der Waals surface area contributed by atoms with Crippen LogP contribution in [0.3, 0.4) is 0 Å². The molecule has 0 radical (unpaired) electrons. The summed E-state index contributed by atoms with van der Waals surface area (Å²) in [6, 6.07) is 14.0. The Kier molecular flexibility index (Phi) is 5.95. The van der Waals surface area contributed by atoms with Gasteiger partial charge in [0, 0.05) is 29.7 Å². The number of nitrogens with zero attached hydrogens (tertiary/aromatic N) is 2. The van der Waals surface area contributed by atoms with Gasteiger partial charge < -0.3 is 10.2 Å². The Hall–Kier alpha value is -2.23. The third-order valence-electron chi connectivity index (χ3n) is 5.49. The minimum atomic E-state index is -3.77. The third-order valence-corrected chi connectivity index (χ3v) is 7.84. The van der Waals surface area contributed by atoms with E-state index in [1.54, 1.807) is 12.1 Å². The summed E-state index contributed by atoms with van der Waals surface area (Å²) in [5.74, 6) is -0.428. The Bertz CT molecular complexity index is 1070. The first-order chi connectivity index (χ1) is 14.4. The summed E-state index contributed by atoms with van der Waals surface area (Å²) in [6.45, 7) is 1.00. The molecule has 0 spiro atoms. The minimum Gasteiger partial charge on any atom is -0.354 e. The number of sulfonamides is 1. The number of carbonyl (C=O) groups excluding carboxylic acids is 2. The van der Waals surface area contributed by atoms with Crippen LogP contribution in [-0.2, 0) is 14.8 Å². The molecule has 9 heteroatoms. The van der Waals surface area contributed by atoms with E-state index in [4.69, 9.17) is 0 Å². The molecular weight excluding hydrogens is 470 g/mol. The lowest BCUT2D eigenvalue weighted by Crippen LogP contribution is -2.49. The molecule has 0 aliphatic carbocycles. The monoisotopic (exact) mass is 491 g/mol. The summed E-state index contributed by atoms with van der Waals surface area (Å²) in [5, 5.41) is 2.61. The number of rotatable bonds is 4. The Balaban J connectivity index is 1.53. The van der Waals surface area contributed by atoms with Crippen LogP contribution >= 0.6 is 15.9 Å². The molecule has 2 aromatic rings. The molecular formula is C21H22BrN3O4S. The normalized spacial score (nSPS) is 20.2. The second kappa shape index (κ2) is 8.49. The van der Waals surface area contributed by atoms with E-state index in [1.165, 1.54) is 12.1 Å². The topological polar surface area (TPSA) is 86.8 Å². The lowest BCUT2D eigenvalue weighted by Gasteiger charge is -2.26. The minimum absolute atomic E-state index is 0.00488. The van der Waals surface area contributed by atoms with Gasteiger partial charge >= 0.3 is 0 Å². The average molecular weight is 492 g/mol. The first-order valence-corrected chi connectivity index (χ1v) is 12.0. The number of benzene rings is 2. The maximum Gasteiger partial charge on any atom is 0.254 e. The molecule has 0 bridgehead atoms. The summed E-state index contributed by atoms with van der Waals surface area (Å²) < 4.78 is 27.7. The molecule has 2 fully saturated rings. The summed E-state index contributed by atoms with van der Waals surface area (Å²) >= 11 is 3.48. The van der Waals surface area contributed by atoms with Crippen molar-refractivity contribution in [2.45, 2.75) is 23.8 Å². The zero-order valence-corrected chi connectivity index (χ0v) is 18.7. The lowest BCUT2D eigenvalue weighted by atomic mass is 10.0. The SMILES string of the molecule is O=C1CN(S(=O)(=O)c2ccc(C(=O)N3CCCC3c3cccc(Br)c3)cc2)CCN1. The largest absolute Gasteiger partial charge is 0.354 e. The molecule has 0 aromatic heterocycles. The van der Waals surface area contributed by atoms with Crippen molar-refractivity contribution in [2.75, 3.05) is 26.2 Å². The molecule has 30 heavy (non-hydrogen) atoms. The zero-order valence-electron chi connectivity index (χ0n) is 16.3. The van der Waals surface area contributed by atoms with Gasteiger partial charge in [-0.3, -0.25) is 9.59 Å². The van der Waals surface area contributed by atoms with E-state index in [0.29, 0.717) is 18.7 Å². The van der Waals surface area contributed by atoms with Crippen molar-refractivity contribution in [3.63, 3.8) is 0 Å². The van der Waals surface area contributed by atoms with Crippen LogP contribution < -0.4 is 5.32 Å². The van der Waals surface area contributed by atoms with E-state index < -0.39 is 10.0 Å². The van der Waals surface area contributed by atoms with Gasteiger partial charge in [0.05, 0.1) is 17.5 Å². The van der Waals surface area contributed by atoms with Crippen LogP contribution in [0, 0.1) is 0 Å². The molecule has 1 N–H and O–H groups in total.